The molecule has 2 aromatic rings. The minimum absolute atomic E-state index is 0.119. The summed E-state index contributed by atoms with van der Waals surface area (Å²) in [5, 5.41) is 0.119. The third-order valence-electron chi connectivity index (χ3n) is 2.45. The second-order valence-electron chi connectivity index (χ2n) is 3.73. The summed E-state index contributed by atoms with van der Waals surface area (Å²) in [4.78, 5) is 3.87. The second kappa shape index (κ2) is 5.58. The quantitative estimate of drug-likeness (QED) is 0.846. The highest BCUT2D eigenvalue weighted by Gasteiger charge is 2.32. The topological polar surface area (TPSA) is 31.4 Å². The molecule has 106 valence electrons. The first kappa shape index (κ1) is 14.5. The van der Waals surface area contributed by atoms with Gasteiger partial charge in [0.15, 0.2) is 0 Å². The molecule has 0 aliphatic heterocycles. The molecule has 0 fully saturated rings. The summed E-state index contributed by atoms with van der Waals surface area (Å²) >= 11 is 6.06. The molecule has 0 spiro atoms. The van der Waals surface area contributed by atoms with Gasteiger partial charge in [0.2, 0.25) is 5.88 Å². The van der Waals surface area contributed by atoms with Crippen LogP contribution in [0, 0.1) is 0 Å². The van der Waals surface area contributed by atoms with Gasteiger partial charge in [-0.25, -0.2) is 4.98 Å². The van der Waals surface area contributed by atoms with Gasteiger partial charge in [-0.15, -0.1) is 13.2 Å². The van der Waals surface area contributed by atoms with Crippen molar-refractivity contribution in [3.05, 3.63) is 41.6 Å². The summed E-state index contributed by atoms with van der Waals surface area (Å²) in [6.07, 6.45) is -3.38. The van der Waals surface area contributed by atoms with Gasteiger partial charge in [0.25, 0.3) is 0 Å². The number of hydrogen-bond donors (Lipinski definition) is 0. The smallest absolute Gasteiger partial charge is 0.480 e. The number of alkyl halides is 3. The molecule has 0 aliphatic rings. The summed E-state index contributed by atoms with van der Waals surface area (Å²) in [5.74, 6) is -0.207. The molecule has 1 aromatic heterocycles. The predicted molar refractivity (Wildman–Crippen MR) is 67.9 cm³/mol. The minimum Gasteiger partial charge on any atom is -0.480 e. The minimum atomic E-state index is -4.78. The van der Waals surface area contributed by atoms with Crippen molar-refractivity contribution in [1.29, 1.82) is 0 Å². The lowest BCUT2D eigenvalue weighted by molar-refractivity contribution is -0.274. The van der Waals surface area contributed by atoms with Crippen molar-refractivity contribution < 1.29 is 22.6 Å². The van der Waals surface area contributed by atoms with E-state index in [1.807, 2.05) is 0 Å². The average molecular weight is 304 g/mol. The number of benzene rings is 1. The predicted octanol–water partition coefficient (Wildman–Crippen LogP) is 4.31. The molecule has 0 bridgehead atoms. The molecular weight excluding hydrogens is 295 g/mol. The van der Waals surface area contributed by atoms with Gasteiger partial charge in [0.05, 0.1) is 7.11 Å². The molecule has 0 unspecified atom stereocenters. The van der Waals surface area contributed by atoms with Gasteiger partial charge < -0.3 is 9.47 Å². The van der Waals surface area contributed by atoms with Gasteiger partial charge in [-0.3, -0.25) is 0 Å². The number of nitrogens with zero attached hydrogens (tertiary/aromatic N) is 1. The number of pyridine rings is 1. The molecule has 0 saturated heterocycles. The number of ether oxygens (including phenoxy) is 2. The van der Waals surface area contributed by atoms with Crippen LogP contribution in [0.4, 0.5) is 13.2 Å². The fourth-order valence-electron chi connectivity index (χ4n) is 1.68. The normalized spacial score (nSPS) is 11.2. The van der Waals surface area contributed by atoms with Crippen LogP contribution in [0.2, 0.25) is 5.02 Å². The molecule has 20 heavy (non-hydrogen) atoms. The maximum Gasteiger partial charge on any atom is 0.573 e. The number of methoxy groups -OCH3 is 1. The van der Waals surface area contributed by atoms with Crippen molar-refractivity contribution in [1.82, 2.24) is 4.98 Å². The largest absolute Gasteiger partial charge is 0.573 e. The van der Waals surface area contributed by atoms with E-state index in [0.29, 0.717) is 5.56 Å². The van der Waals surface area contributed by atoms with Gasteiger partial charge in [0, 0.05) is 17.3 Å². The van der Waals surface area contributed by atoms with Gasteiger partial charge >= 0.3 is 6.36 Å². The SMILES string of the molecule is COc1nccc(-c2ccccc2OC(F)(F)F)c1Cl. The fraction of sp³-hybridized carbons (Fsp3) is 0.154. The lowest BCUT2D eigenvalue weighted by Gasteiger charge is -2.14. The summed E-state index contributed by atoms with van der Waals surface area (Å²) < 4.78 is 46.1. The summed E-state index contributed by atoms with van der Waals surface area (Å²) in [6.45, 7) is 0. The highest BCUT2D eigenvalue weighted by molar-refractivity contribution is 6.34. The molecule has 0 aliphatic carbocycles. The van der Waals surface area contributed by atoms with Crippen LogP contribution in [-0.4, -0.2) is 18.5 Å². The fourth-order valence-corrected chi connectivity index (χ4v) is 1.97. The number of halogens is 4. The Morgan fingerprint density at radius 3 is 2.45 bits per heavy atom. The Morgan fingerprint density at radius 2 is 1.80 bits per heavy atom. The summed E-state index contributed by atoms with van der Waals surface area (Å²) in [7, 11) is 1.37. The third-order valence-corrected chi connectivity index (χ3v) is 2.82. The number of rotatable bonds is 3. The molecule has 3 nitrogen and oxygen atoms in total. The molecule has 0 atom stereocenters. The van der Waals surface area contributed by atoms with E-state index < -0.39 is 6.36 Å². The van der Waals surface area contributed by atoms with Crippen LogP contribution in [-0.2, 0) is 0 Å². The van der Waals surface area contributed by atoms with E-state index in [1.54, 1.807) is 6.07 Å². The van der Waals surface area contributed by atoms with E-state index in [4.69, 9.17) is 16.3 Å². The molecule has 7 heteroatoms. The zero-order chi connectivity index (χ0) is 14.8. The number of para-hydroxylation sites is 1. The first-order valence-electron chi connectivity index (χ1n) is 5.46. The molecule has 1 aromatic carbocycles. The van der Waals surface area contributed by atoms with Crippen LogP contribution < -0.4 is 9.47 Å². The lowest BCUT2D eigenvalue weighted by Crippen LogP contribution is -2.17. The van der Waals surface area contributed by atoms with Gasteiger partial charge in [-0.1, -0.05) is 29.8 Å². The van der Waals surface area contributed by atoms with Crippen molar-refractivity contribution in [2.45, 2.75) is 6.36 Å². The molecule has 1 heterocycles. The van der Waals surface area contributed by atoms with Crippen LogP contribution in [0.1, 0.15) is 0 Å². The van der Waals surface area contributed by atoms with Crippen LogP contribution in [0.15, 0.2) is 36.5 Å². The summed E-state index contributed by atoms with van der Waals surface area (Å²) in [6, 6.07) is 7.20. The Kier molecular flexibility index (Phi) is 4.04. The van der Waals surface area contributed by atoms with E-state index >= 15 is 0 Å². The first-order valence-corrected chi connectivity index (χ1v) is 5.84. The van der Waals surface area contributed by atoms with Crippen LogP contribution in [0.5, 0.6) is 11.6 Å². The Morgan fingerprint density at radius 1 is 1.10 bits per heavy atom. The molecule has 0 N–H and O–H groups in total. The van der Waals surface area contributed by atoms with Crippen LogP contribution in [0.3, 0.4) is 0 Å². The standard InChI is InChI=1S/C13H9ClF3NO2/c1-19-12-11(14)9(6-7-18-12)8-4-2-3-5-10(8)20-13(15,16)17/h2-7H,1H3. The van der Waals surface area contributed by atoms with Gasteiger partial charge in [-0.2, -0.15) is 0 Å². The maximum absolute atomic E-state index is 12.4. The molecule has 0 radical (unpaired) electrons. The zero-order valence-electron chi connectivity index (χ0n) is 10.2. The first-order chi connectivity index (χ1) is 9.42. The number of aromatic nitrogens is 1. The van der Waals surface area contributed by atoms with Crippen LogP contribution in [0.25, 0.3) is 11.1 Å². The maximum atomic E-state index is 12.4. The average Bonchev–Trinajstić information content (AvgIpc) is 2.38. The van der Waals surface area contributed by atoms with Crippen molar-refractivity contribution >= 4 is 11.6 Å². The van der Waals surface area contributed by atoms with E-state index in [-0.39, 0.29) is 22.2 Å². The second-order valence-corrected chi connectivity index (χ2v) is 4.10. The highest BCUT2D eigenvalue weighted by Crippen LogP contribution is 2.39. The summed E-state index contributed by atoms with van der Waals surface area (Å²) in [5.41, 5.74) is 0.550. The van der Waals surface area contributed by atoms with E-state index in [0.717, 1.165) is 0 Å². The number of hydrogen-bond acceptors (Lipinski definition) is 3. The Labute approximate surface area is 117 Å². The monoisotopic (exact) mass is 303 g/mol. The molecular formula is C13H9ClF3NO2. The molecule has 0 saturated carbocycles. The highest BCUT2D eigenvalue weighted by atomic mass is 35.5. The van der Waals surface area contributed by atoms with Gasteiger partial charge in [0.1, 0.15) is 10.8 Å². The van der Waals surface area contributed by atoms with Crippen molar-refractivity contribution in [2.75, 3.05) is 7.11 Å². The molecule has 2 rings (SSSR count). The van der Waals surface area contributed by atoms with E-state index in [1.165, 1.54) is 37.6 Å². The Bertz CT molecular complexity index is 617. The van der Waals surface area contributed by atoms with Gasteiger partial charge in [-0.05, 0) is 12.1 Å². The van der Waals surface area contributed by atoms with Crippen LogP contribution >= 0.6 is 11.6 Å². The van der Waals surface area contributed by atoms with Crippen molar-refractivity contribution in [2.24, 2.45) is 0 Å². The van der Waals surface area contributed by atoms with E-state index in [9.17, 15) is 13.2 Å². The molecule has 0 amide bonds. The van der Waals surface area contributed by atoms with Crippen molar-refractivity contribution in [3.8, 4) is 22.8 Å². The zero-order valence-corrected chi connectivity index (χ0v) is 11.0. The van der Waals surface area contributed by atoms with E-state index in [2.05, 4.69) is 9.72 Å². The van der Waals surface area contributed by atoms with Crippen molar-refractivity contribution in [3.63, 3.8) is 0 Å². The Hall–Kier alpha value is -1.95. The lowest BCUT2D eigenvalue weighted by atomic mass is 10.1. The third kappa shape index (κ3) is 3.14. The Balaban J connectivity index is 2.53.